The minimum Gasteiger partial charge on any atom is -0.268 e. The Morgan fingerprint density at radius 1 is 0.765 bits per heavy atom. The molecular formula is C28H15ClF2N2O. The average Bonchev–Trinajstić information content (AvgIpc) is 3.21. The summed E-state index contributed by atoms with van der Waals surface area (Å²) in [7, 11) is 0. The number of aromatic nitrogens is 2. The summed E-state index contributed by atoms with van der Waals surface area (Å²) in [5, 5.41) is 4.30. The molecule has 6 heteroatoms. The molecule has 0 aliphatic carbocycles. The Morgan fingerprint density at radius 2 is 1.44 bits per heavy atom. The zero-order chi connectivity index (χ0) is 23.4. The fourth-order valence-corrected chi connectivity index (χ4v) is 4.61. The van der Waals surface area contributed by atoms with Gasteiger partial charge in [0.05, 0.1) is 11.0 Å². The maximum absolute atomic E-state index is 14.0. The molecule has 0 saturated heterocycles. The lowest BCUT2D eigenvalue weighted by Crippen LogP contribution is -2.14. The van der Waals surface area contributed by atoms with E-state index in [1.807, 2.05) is 48.5 Å². The number of halogens is 3. The maximum atomic E-state index is 14.0. The standard InChI is InChI=1S/C28H15ClF2N2O/c29-19-10-12-25-24(15-19)32-27(33(25)28(34)18-9-11-22(30)23(31)14-18)26-20-7-3-1-5-16(20)13-17-6-2-4-8-21(17)26/h1-15H. The zero-order valence-corrected chi connectivity index (χ0v) is 18.4. The Hall–Kier alpha value is -4.09. The van der Waals surface area contributed by atoms with Crippen molar-refractivity contribution in [3.8, 4) is 11.4 Å². The van der Waals surface area contributed by atoms with Crippen LogP contribution in [-0.2, 0) is 0 Å². The number of nitrogens with zero attached hydrogens (tertiary/aromatic N) is 2. The third-order valence-corrected chi connectivity index (χ3v) is 6.22. The first-order chi connectivity index (χ1) is 16.5. The first-order valence-electron chi connectivity index (χ1n) is 10.6. The van der Waals surface area contributed by atoms with Crippen LogP contribution in [0.5, 0.6) is 0 Å². The van der Waals surface area contributed by atoms with E-state index in [-0.39, 0.29) is 5.56 Å². The van der Waals surface area contributed by atoms with Crippen LogP contribution >= 0.6 is 11.6 Å². The molecule has 164 valence electrons. The molecule has 0 N–H and O–H groups in total. The number of fused-ring (bicyclic) bond motifs is 3. The van der Waals surface area contributed by atoms with E-state index in [4.69, 9.17) is 16.6 Å². The van der Waals surface area contributed by atoms with Crippen molar-refractivity contribution in [1.29, 1.82) is 0 Å². The first kappa shape index (κ1) is 20.5. The van der Waals surface area contributed by atoms with E-state index in [2.05, 4.69) is 6.07 Å². The van der Waals surface area contributed by atoms with E-state index in [0.29, 0.717) is 21.9 Å². The lowest BCUT2D eigenvalue weighted by molar-refractivity contribution is 0.0966. The molecule has 6 aromatic rings. The Kier molecular flexibility index (Phi) is 4.67. The molecule has 0 spiro atoms. The summed E-state index contributed by atoms with van der Waals surface area (Å²) in [4.78, 5) is 18.6. The van der Waals surface area contributed by atoms with Gasteiger partial charge in [0.15, 0.2) is 11.6 Å². The molecule has 1 aromatic heterocycles. The van der Waals surface area contributed by atoms with E-state index in [1.54, 1.807) is 18.2 Å². The van der Waals surface area contributed by atoms with Gasteiger partial charge in [-0.2, -0.15) is 0 Å². The topological polar surface area (TPSA) is 34.9 Å². The van der Waals surface area contributed by atoms with Gasteiger partial charge in [-0.15, -0.1) is 0 Å². The summed E-state index contributed by atoms with van der Waals surface area (Å²) in [6.07, 6.45) is 0. The molecule has 0 atom stereocenters. The van der Waals surface area contributed by atoms with Crippen molar-refractivity contribution in [1.82, 2.24) is 9.55 Å². The van der Waals surface area contributed by atoms with Gasteiger partial charge < -0.3 is 0 Å². The minimum absolute atomic E-state index is 0.0129. The lowest BCUT2D eigenvalue weighted by atomic mass is 9.96. The van der Waals surface area contributed by atoms with Gasteiger partial charge in [0.25, 0.3) is 5.91 Å². The van der Waals surface area contributed by atoms with Crippen molar-refractivity contribution in [2.75, 3.05) is 0 Å². The molecule has 0 aliphatic rings. The maximum Gasteiger partial charge on any atom is 0.264 e. The minimum atomic E-state index is -1.09. The van der Waals surface area contributed by atoms with Crippen LogP contribution in [0.15, 0.2) is 91.0 Å². The zero-order valence-electron chi connectivity index (χ0n) is 17.6. The van der Waals surface area contributed by atoms with Crippen molar-refractivity contribution in [3.63, 3.8) is 0 Å². The van der Waals surface area contributed by atoms with Crippen LogP contribution in [0.2, 0.25) is 5.02 Å². The van der Waals surface area contributed by atoms with Gasteiger partial charge in [-0.3, -0.25) is 9.36 Å². The summed E-state index contributed by atoms with van der Waals surface area (Å²) in [5.74, 6) is -2.22. The second kappa shape index (κ2) is 7.75. The number of hydrogen-bond acceptors (Lipinski definition) is 2. The van der Waals surface area contributed by atoms with Crippen LogP contribution in [0.1, 0.15) is 10.4 Å². The molecular weight excluding hydrogens is 454 g/mol. The van der Waals surface area contributed by atoms with Gasteiger partial charge in [0.2, 0.25) is 0 Å². The number of carbonyl (C=O) groups excluding carboxylic acids is 1. The fourth-order valence-electron chi connectivity index (χ4n) is 4.44. The third kappa shape index (κ3) is 3.17. The van der Waals surface area contributed by atoms with Crippen molar-refractivity contribution in [2.24, 2.45) is 0 Å². The number of hydrogen-bond donors (Lipinski definition) is 0. The highest BCUT2D eigenvalue weighted by molar-refractivity contribution is 6.31. The van der Waals surface area contributed by atoms with Crippen molar-refractivity contribution in [2.45, 2.75) is 0 Å². The Balaban J connectivity index is 1.75. The third-order valence-electron chi connectivity index (χ3n) is 5.98. The van der Waals surface area contributed by atoms with Crippen LogP contribution < -0.4 is 0 Å². The van der Waals surface area contributed by atoms with E-state index in [9.17, 15) is 13.6 Å². The van der Waals surface area contributed by atoms with E-state index >= 15 is 0 Å². The van der Waals surface area contributed by atoms with Gasteiger partial charge in [0, 0.05) is 16.1 Å². The van der Waals surface area contributed by atoms with Crippen LogP contribution in [0, 0.1) is 11.6 Å². The molecule has 0 fully saturated rings. The van der Waals surface area contributed by atoms with Crippen LogP contribution in [0.25, 0.3) is 44.0 Å². The summed E-state index contributed by atoms with van der Waals surface area (Å²) in [6, 6.07) is 26.0. The second-order valence-corrected chi connectivity index (χ2v) is 8.47. The van der Waals surface area contributed by atoms with E-state index in [0.717, 1.165) is 39.2 Å². The second-order valence-electron chi connectivity index (χ2n) is 8.03. The Labute approximate surface area is 197 Å². The van der Waals surface area contributed by atoms with Crippen LogP contribution in [-0.4, -0.2) is 15.5 Å². The van der Waals surface area contributed by atoms with Crippen LogP contribution in [0.3, 0.4) is 0 Å². The fraction of sp³-hybridized carbons (Fsp3) is 0. The summed E-state index contributed by atoms with van der Waals surface area (Å²) in [6.45, 7) is 0. The van der Waals surface area contributed by atoms with Gasteiger partial charge in [-0.25, -0.2) is 13.8 Å². The summed E-state index contributed by atoms with van der Waals surface area (Å²) >= 11 is 6.23. The molecule has 5 aromatic carbocycles. The van der Waals surface area contributed by atoms with E-state index in [1.165, 1.54) is 10.6 Å². The van der Waals surface area contributed by atoms with Gasteiger partial charge in [-0.1, -0.05) is 60.1 Å². The number of rotatable bonds is 2. The molecule has 0 aliphatic heterocycles. The molecule has 0 unspecified atom stereocenters. The molecule has 3 nitrogen and oxygen atoms in total. The number of carbonyl (C=O) groups is 1. The highest BCUT2D eigenvalue weighted by Crippen LogP contribution is 2.38. The van der Waals surface area contributed by atoms with Gasteiger partial charge in [0.1, 0.15) is 5.82 Å². The Morgan fingerprint density at radius 3 is 2.12 bits per heavy atom. The molecule has 6 rings (SSSR count). The molecule has 1 heterocycles. The predicted molar refractivity (Wildman–Crippen MR) is 131 cm³/mol. The predicted octanol–water partition coefficient (Wildman–Crippen LogP) is 7.63. The summed E-state index contributed by atoms with van der Waals surface area (Å²) in [5.41, 5.74) is 1.83. The van der Waals surface area contributed by atoms with Crippen molar-refractivity contribution in [3.05, 3.63) is 113 Å². The number of imidazole rings is 1. The molecule has 0 saturated carbocycles. The largest absolute Gasteiger partial charge is 0.268 e. The molecule has 34 heavy (non-hydrogen) atoms. The summed E-state index contributed by atoms with van der Waals surface area (Å²) < 4.78 is 29.0. The smallest absolute Gasteiger partial charge is 0.264 e. The average molecular weight is 469 g/mol. The molecule has 0 radical (unpaired) electrons. The lowest BCUT2D eigenvalue weighted by Gasteiger charge is -2.14. The van der Waals surface area contributed by atoms with Crippen LogP contribution in [0.4, 0.5) is 8.78 Å². The van der Waals surface area contributed by atoms with Gasteiger partial charge in [-0.05, 0) is 64.0 Å². The SMILES string of the molecule is O=C(c1ccc(F)c(F)c1)n1c(-c2c3ccccc3cc3ccccc23)nc2cc(Cl)ccc21. The number of benzene rings is 5. The van der Waals surface area contributed by atoms with Crippen molar-refractivity contribution >= 4 is 50.1 Å². The Bertz CT molecular complexity index is 1720. The van der Waals surface area contributed by atoms with Crippen molar-refractivity contribution < 1.29 is 13.6 Å². The highest BCUT2D eigenvalue weighted by atomic mass is 35.5. The highest BCUT2D eigenvalue weighted by Gasteiger charge is 2.23. The van der Waals surface area contributed by atoms with Gasteiger partial charge >= 0.3 is 0 Å². The normalized spacial score (nSPS) is 11.5. The molecule has 0 bridgehead atoms. The van der Waals surface area contributed by atoms with E-state index < -0.39 is 17.5 Å². The molecule has 0 amide bonds. The first-order valence-corrected chi connectivity index (χ1v) is 11.0. The monoisotopic (exact) mass is 468 g/mol. The quantitative estimate of drug-likeness (QED) is 0.245.